The second-order valence-corrected chi connectivity index (χ2v) is 5.63. The number of halogens is 1. The van der Waals surface area contributed by atoms with Crippen LogP contribution in [0, 0.1) is 5.82 Å². The van der Waals surface area contributed by atoms with Crippen LogP contribution in [0.5, 0.6) is 0 Å². The highest BCUT2D eigenvalue weighted by molar-refractivity contribution is 5.96. The zero-order valence-corrected chi connectivity index (χ0v) is 12.9. The number of amides is 2. The first kappa shape index (κ1) is 16.0. The van der Waals surface area contributed by atoms with Gasteiger partial charge in [0.25, 0.3) is 0 Å². The molecule has 9 heteroatoms. The minimum Gasteiger partial charge on any atom is -0.351 e. The molecule has 0 radical (unpaired) electrons. The topological polar surface area (TPSA) is 93.0 Å². The number of carbonyl (C=O) groups is 2. The molecule has 0 spiro atoms. The number of hydrogen-bond donors (Lipinski definition) is 1. The molecule has 0 aliphatic carbocycles. The lowest BCUT2D eigenvalue weighted by molar-refractivity contribution is -0.121. The van der Waals surface area contributed by atoms with Gasteiger partial charge >= 0.3 is 0 Å². The number of hydrogen-bond acceptors (Lipinski definition) is 5. The summed E-state index contributed by atoms with van der Waals surface area (Å²) < 4.78 is 14.5. The maximum absolute atomic E-state index is 13.0. The number of tetrazole rings is 1. The third-order valence-electron chi connectivity index (χ3n) is 3.81. The third kappa shape index (κ3) is 3.92. The predicted octanol–water partition coefficient (Wildman–Crippen LogP) is 0.514. The van der Waals surface area contributed by atoms with Gasteiger partial charge < -0.3 is 10.2 Å². The summed E-state index contributed by atoms with van der Waals surface area (Å²) in [6, 6.07) is 5.51. The first-order valence-corrected chi connectivity index (χ1v) is 7.68. The molecule has 1 fully saturated rings. The van der Waals surface area contributed by atoms with E-state index in [4.69, 9.17) is 0 Å². The number of aromatic nitrogens is 4. The summed E-state index contributed by atoms with van der Waals surface area (Å²) in [4.78, 5) is 25.6. The van der Waals surface area contributed by atoms with Gasteiger partial charge in [0.2, 0.25) is 11.8 Å². The second kappa shape index (κ2) is 7.16. The van der Waals surface area contributed by atoms with Crippen molar-refractivity contribution in [1.82, 2.24) is 25.5 Å². The molecule has 1 aliphatic heterocycles. The maximum atomic E-state index is 13.0. The highest BCUT2D eigenvalue weighted by Gasteiger charge is 2.31. The van der Waals surface area contributed by atoms with Crippen LogP contribution < -0.4 is 10.2 Å². The van der Waals surface area contributed by atoms with Gasteiger partial charge in [0, 0.05) is 31.6 Å². The van der Waals surface area contributed by atoms with E-state index in [1.807, 2.05) is 0 Å². The van der Waals surface area contributed by atoms with E-state index in [-0.39, 0.29) is 30.1 Å². The number of rotatable bonds is 6. The second-order valence-electron chi connectivity index (χ2n) is 5.63. The number of nitrogens with zero attached hydrogens (tertiary/aromatic N) is 5. The van der Waals surface area contributed by atoms with Gasteiger partial charge in [-0.15, -0.1) is 5.10 Å². The number of carbonyl (C=O) groups excluding carboxylic acids is 2. The van der Waals surface area contributed by atoms with Crippen molar-refractivity contribution in [2.24, 2.45) is 0 Å². The first-order chi connectivity index (χ1) is 11.6. The summed E-state index contributed by atoms with van der Waals surface area (Å²) in [7, 11) is 0. The Morgan fingerprint density at radius 3 is 2.83 bits per heavy atom. The molecule has 1 aromatic carbocycles. The Morgan fingerprint density at radius 2 is 2.12 bits per heavy atom. The molecule has 1 aromatic heterocycles. The van der Waals surface area contributed by atoms with Crippen LogP contribution in [-0.4, -0.2) is 44.6 Å². The van der Waals surface area contributed by atoms with Gasteiger partial charge in [0.1, 0.15) is 12.1 Å². The molecule has 2 aromatic rings. The Kier molecular flexibility index (Phi) is 4.78. The van der Waals surface area contributed by atoms with Crippen LogP contribution >= 0.6 is 0 Å². The summed E-state index contributed by atoms with van der Waals surface area (Å²) in [5.74, 6) is -0.541. The Hall–Kier alpha value is -2.84. The van der Waals surface area contributed by atoms with E-state index >= 15 is 0 Å². The highest BCUT2D eigenvalue weighted by atomic mass is 19.1. The fourth-order valence-corrected chi connectivity index (χ4v) is 2.66. The van der Waals surface area contributed by atoms with Crippen molar-refractivity contribution in [2.45, 2.75) is 31.8 Å². The van der Waals surface area contributed by atoms with E-state index in [9.17, 15) is 14.0 Å². The molecular weight excluding hydrogens is 315 g/mol. The van der Waals surface area contributed by atoms with Crippen LogP contribution in [0.1, 0.15) is 19.3 Å². The summed E-state index contributed by atoms with van der Waals surface area (Å²) in [5, 5.41) is 13.6. The zero-order valence-electron chi connectivity index (χ0n) is 12.9. The average Bonchev–Trinajstić information content (AvgIpc) is 3.18. The summed E-state index contributed by atoms with van der Waals surface area (Å²) >= 11 is 0. The van der Waals surface area contributed by atoms with Gasteiger partial charge in [-0.2, -0.15) is 0 Å². The van der Waals surface area contributed by atoms with Crippen LogP contribution in [0.15, 0.2) is 30.6 Å². The van der Waals surface area contributed by atoms with E-state index in [1.54, 1.807) is 21.7 Å². The molecule has 3 rings (SSSR count). The molecule has 1 N–H and O–H groups in total. The van der Waals surface area contributed by atoms with Crippen molar-refractivity contribution in [3.8, 4) is 0 Å². The number of aryl methyl sites for hydroxylation is 1. The molecule has 0 bridgehead atoms. The maximum Gasteiger partial charge on any atom is 0.229 e. The van der Waals surface area contributed by atoms with Gasteiger partial charge in [0.05, 0.1) is 6.04 Å². The minimum atomic E-state index is -0.349. The van der Waals surface area contributed by atoms with Crippen LogP contribution in [0.4, 0.5) is 10.1 Å². The quantitative estimate of drug-likeness (QED) is 0.832. The first-order valence-electron chi connectivity index (χ1n) is 7.68. The molecule has 0 saturated carbocycles. The molecule has 8 nitrogen and oxygen atoms in total. The lowest BCUT2D eigenvalue weighted by Gasteiger charge is -2.17. The molecule has 2 heterocycles. The van der Waals surface area contributed by atoms with Crippen LogP contribution in [-0.2, 0) is 16.1 Å². The molecule has 2 amide bonds. The van der Waals surface area contributed by atoms with Crippen molar-refractivity contribution in [3.63, 3.8) is 0 Å². The highest BCUT2D eigenvalue weighted by Crippen LogP contribution is 2.21. The van der Waals surface area contributed by atoms with Crippen LogP contribution in [0.2, 0.25) is 0 Å². The third-order valence-corrected chi connectivity index (χ3v) is 3.81. The van der Waals surface area contributed by atoms with Gasteiger partial charge in [-0.1, -0.05) is 0 Å². The monoisotopic (exact) mass is 332 g/mol. The zero-order chi connectivity index (χ0) is 16.9. The SMILES string of the molecule is O=C(CCCn1cnnn1)NC1CC(=O)N(c2ccc(F)cc2)C1. The van der Waals surface area contributed by atoms with E-state index in [1.165, 1.54) is 18.5 Å². The van der Waals surface area contributed by atoms with Crippen LogP contribution in [0.25, 0.3) is 0 Å². The fraction of sp³-hybridized carbons (Fsp3) is 0.400. The van der Waals surface area contributed by atoms with Crippen molar-refractivity contribution in [3.05, 3.63) is 36.4 Å². The number of benzene rings is 1. The molecule has 1 aliphatic rings. The van der Waals surface area contributed by atoms with Gasteiger partial charge in [-0.3, -0.25) is 9.59 Å². The van der Waals surface area contributed by atoms with E-state index in [0.717, 1.165) is 0 Å². The van der Waals surface area contributed by atoms with E-state index in [0.29, 0.717) is 31.6 Å². The Morgan fingerprint density at radius 1 is 1.33 bits per heavy atom. The Labute approximate surface area is 137 Å². The standard InChI is InChI=1S/C15H17FN6O2/c16-11-3-5-13(6-4-11)22-9-12(8-15(22)24)18-14(23)2-1-7-21-10-17-19-20-21/h3-6,10,12H,1-2,7-9H2,(H,18,23). The molecule has 1 unspecified atom stereocenters. The lowest BCUT2D eigenvalue weighted by atomic mass is 10.2. The van der Waals surface area contributed by atoms with E-state index < -0.39 is 0 Å². The predicted molar refractivity (Wildman–Crippen MR) is 82.4 cm³/mol. The molecular formula is C15H17FN6O2. The van der Waals surface area contributed by atoms with Gasteiger partial charge in [0.15, 0.2) is 0 Å². The summed E-state index contributed by atoms with van der Waals surface area (Å²) in [6.07, 6.45) is 2.69. The van der Waals surface area contributed by atoms with E-state index in [2.05, 4.69) is 20.8 Å². The molecule has 126 valence electrons. The Balaban J connectivity index is 1.47. The lowest BCUT2D eigenvalue weighted by Crippen LogP contribution is -2.37. The smallest absolute Gasteiger partial charge is 0.229 e. The van der Waals surface area contributed by atoms with Crippen molar-refractivity contribution >= 4 is 17.5 Å². The van der Waals surface area contributed by atoms with Crippen LogP contribution in [0.3, 0.4) is 0 Å². The molecule has 1 atom stereocenters. The number of anilines is 1. The fourth-order valence-electron chi connectivity index (χ4n) is 2.66. The summed E-state index contributed by atoms with van der Waals surface area (Å²) in [6.45, 7) is 0.953. The van der Waals surface area contributed by atoms with Crippen molar-refractivity contribution in [2.75, 3.05) is 11.4 Å². The molecule has 1 saturated heterocycles. The summed E-state index contributed by atoms with van der Waals surface area (Å²) in [5.41, 5.74) is 0.636. The Bertz CT molecular complexity index is 703. The number of nitrogens with one attached hydrogen (secondary N) is 1. The largest absolute Gasteiger partial charge is 0.351 e. The van der Waals surface area contributed by atoms with Gasteiger partial charge in [-0.05, 0) is 41.1 Å². The normalized spacial score (nSPS) is 17.3. The average molecular weight is 332 g/mol. The molecule has 24 heavy (non-hydrogen) atoms. The minimum absolute atomic E-state index is 0.0828. The van der Waals surface area contributed by atoms with Crippen molar-refractivity contribution < 1.29 is 14.0 Å². The van der Waals surface area contributed by atoms with Gasteiger partial charge in [-0.25, -0.2) is 9.07 Å². The van der Waals surface area contributed by atoms with Crippen molar-refractivity contribution in [1.29, 1.82) is 0 Å².